The first-order valence-electron chi connectivity index (χ1n) is 26.4. The molecule has 0 amide bonds. The van der Waals surface area contributed by atoms with Crippen molar-refractivity contribution in [3.63, 3.8) is 0 Å². The van der Waals surface area contributed by atoms with Gasteiger partial charge in [-0.1, -0.05) is 173 Å². The molecule has 2 aliphatic carbocycles. The van der Waals surface area contributed by atoms with Crippen LogP contribution >= 0.6 is 0 Å². The molecule has 4 nitrogen and oxygen atoms in total. The van der Waals surface area contributed by atoms with Crippen LogP contribution in [0.4, 0.5) is 56.9 Å². The molecule has 0 radical (unpaired) electrons. The molecule has 4 heteroatoms. The lowest BCUT2D eigenvalue weighted by Gasteiger charge is -2.38. The Hall–Kier alpha value is -8.60. The molecule has 0 N–H and O–H groups in total. The summed E-state index contributed by atoms with van der Waals surface area (Å²) in [6, 6.07) is 70.0. The van der Waals surface area contributed by atoms with E-state index in [-0.39, 0.29) is 10.8 Å². The summed E-state index contributed by atoms with van der Waals surface area (Å²) in [6.07, 6.45) is 13.9. The third-order valence-electron chi connectivity index (χ3n) is 16.3. The Bertz CT molecular complexity index is 3830. The van der Waals surface area contributed by atoms with Crippen molar-refractivity contribution in [2.75, 3.05) is 33.7 Å². The molecule has 4 aliphatic rings. The van der Waals surface area contributed by atoms with E-state index in [1.165, 1.54) is 44.5 Å². The smallest absolute Gasteiger partial charge is 0.0702 e. The molecule has 75 heavy (non-hydrogen) atoms. The third-order valence-corrected chi connectivity index (χ3v) is 16.3. The van der Waals surface area contributed by atoms with Crippen molar-refractivity contribution in [1.29, 1.82) is 0 Å². The average molecular weight is 973 g/mol. The monoisotopic (exact) mass is 973 g/mol. The van der Waals surface area contributed by atoms with Crippen LogP contribution in [0.1, 0.15) is 80.5 Å². The normalized spacial score (nSPS) is 18.4. The van der Waals surface area contributed by atoms with Crippen molar-refractivity contribution < 1.29 is 0 Å². The van der Waals surface area contributed by atoms with Gasteiger partial charge in [0.2, 0.25) is 0 Å². The first kappa shape index (κ1) is 47.4. The Balaban J connectivity index is 1.24. The number of benzene rings is 7. The molecule has 8 aromatic carbocycles. The van der Waals surface area contributed by atoms with E-state index in [1.54, 1.807) is 0 Å². The van der Waals surface area contributed by atoms with E-state index in [1.807, 2.05) is 0 Å². The summed E-state index contributed by atoms with van der Waals surface area (Å²) < 4.78 is 0. The van der Waals surface area contributed by atoms with Crippen molar-refractivity contribution >= 4 is 90.4 Å². The Labute approximate surface area is 444 Å². The molecule has 2 aliphatic heterocycles. The third kappa shape index (κ3) is 7.82. The van der Waals surface area contributed by atoms with Crippen LogP contribution < -0.4 is 19.6 Å². The predicted octanol–water partition coefficient (Wildman–Crippen LogP) is 19.5. The molecule has 12 rings (SSSR count). The maximum absolute atomic E-state index is 2.46. The van der Waals surface area contributed by atoms with Gasteiger partial charge in [0.05, 0.1) is 45.5 Å². The zero-order valence-electron chi connectivity index (χ0n) is 44.7. The lowest BCUT2D eigenvalue weighted by Crippen LogP contribution is -2.24. The largest absolute Gasteiger partial charge is 0.341 e. The van der Waals surface area contributed by atoms with Gasteiger partial charge in [0, 0.05) is 36.3 Å². The van der Waals surface area contributed by atoms with Crippen LogP contribution in [-0.2, 0) is 10.8 Å². The van der Waals surface area contributed by atoms with Gasteiger partial charge in [-0.15, -0.1) is 0 Å². The van der Waals surface area contributed by atoms with Crippen molar-refractivity contribution in [1.82, 2.24) is 0 Å². The number of anilines is 10. The standard InChI is InChI=1S/C71H64N4/c1-10-58-69(56-27-12-14-30-60(56)71(58,6)7)48(3)53-40-38-51(74-65-34-18-15-31-61(65)73(9)64-42-37-47(2)44-68(64)74)26-23-28-54(49-24-21-22-43-70(4,5)59-29-13-11-25-50(59)45-49)57-46-52(39-41-55(53)57)75-66-35-19-16-32-62(66)72(8)63-33-17-20-36-67(63)75/h10-46H,1-9H3/b24-21-,26-23?,28-23?,40-38?,43-22+,49-45-,51-26?,51-38?,53-40?,54-28?,55-53?,57-54?,58-10+,69-48+. The van der Waals surface area contributed by atoms with Crippen LogP contribution in [0, 0.1) is 6.92 Å². The molecule has 2 heterocycles. The molecule has 0 aromatic heterocycles. The Kier molecular flexibility index (Phi) is 11.6. The van der Waals surface area contributed by atoms with Crippen molar-refractivity contribution in [2.45, 2.75) is 59.3 Å². The summed E-state index contributed by atoms with van der Waals surface area (Å²) in [4.78, 5) is 9.55. The molecule has 0 atom stereocenters. The maximum atomic E-state index is 2.46. The molecule has 0 saturated heterocycles. The van der Waals surface area contributed by atoms with Gasteiger partial charge >= 0.3 is 0 Å². The fourth-order valence-electron chi connectivity index (χ4n) is 12.5. The maximum Gasteiger partial charge on any atom is 0.0702 e. The Morgan fingerprint density at radius 2 is 1.04 bits per heavy atom. The topological polar surface area (TPSA) is 13.0 Å². The van der Waals surface area contributed by atoms with E-state index in [0.29, 0.717) is 0 Å². The highest BCUT2D eigenvalue weighted by Gasteiger charge is 2.39. The highest BCUT2D eigenvalue weighted by molar-refractivity contribution is 6.11. The number of rotatable bonds is 4. The number of fused-ring (bicyclic) bond motifs is 7. The first-order valence-corrected chi connectivity index (χ1v) is 26.4. The minimum atomic E-state index is -0.188. The van der Waals surface area contributed by atoms with Gasteiger partial charge in [0.1, 0.15) is 0 Å². The molecular formula is C71H64N4. The van der Waals surface area contributed by atoms with Crippen LogP contribution in [0.5, 0.6) is 0 Å². The molecule has 0 saturated carbocycles. The number of nitrogens with zero attached hydrogens (tertiary/aromatic N) is 4. The van der Waals surface area contributed by atoms with E-state index in [4.69, 9.17) is 0 Å². The molecule has 368 valence electrons. The van der Waals surface area contributed by atoms with Crippen molar-refractivity contribution in [2.24, 2.45) is 0 Å². The number of hydrogen-bond donors (Lipinski definition) is 0. The Morgan fingerprint density at radius 1 is 0.480 bits per heavy atom. The van der Waals surface area contributed by atoms with Crippen LogP contribution in [-0.4, -0.2) is 14.1 Å². The highest BCUT2D eigenvalue weighted by atomic mass is 15.3. The van der Waals surface area contributed by atoms with Gasteiger partial charge in [-0.05, 0) is 172 Å². The molecular weight excluding hydrogens is 909 g/mol. The number of aryl methyl sites for hydroxylation is 1. The summed E-state index contributed by atoms with van der Waals surface area (Å²) in [7, 11) is 4.36. The summed E-state index contributed by atoms with van der Waals surface area (Å²) in [5.41, 5.74) is 24.6. The quantitative estimate of drug-likeness (QED) is 0.174. The van der Waals surface area contributed by atoms with Crippen LogP contribution in [0.3, 0.4) is 0 Å². The number of hydrogen-bond acceptors (Lipinski definition) is 4. The van der Waals surface area contributed by atoms with Gasteiger partial charge in [0.25, 0.3) is 0 Å². The SMILES string of the molecule is C/C=C1\C(=C(/C)c2ccc(N3c4ccccc4N(C)c4ccc(C)cc43)cccc(C3=C\c4ccccc4C(C)(C)/C=C/C=C\3)c3cc(N4c5ccccc5N(C)c5ccccc54)ccc23)c2ccccc2C1(C)C. The molecule has 0 bridgehead atoms. The summed E-state index contributed by atoms with van der Waals surface area (Å²) in [5, 5.41) is 2.30. The number of allylic oxidation sites excluding steroid dienone is 9. The molecule has 8 aromatic rings. The second-order valence-corrected chi connectivity index (χ2v) is 21.6. The van der Waals surface area contributed by atoms with E-state index in [2.05, 4.69) is 307 Å². The van der Waals surface area contributed by atoms with Crippen molar-refractivity contribution in [3.05, 3.63) is 263 Å². The van der Waals surface area contributed by atoms with Gasteiger partial charge in [-0.2, -0.15) is 0 Å². The van der Waals surface area contributed by atoms with Gasteiger partial charge in [-0.3, -0.25) is 0 Å². The van der Waals surface area contributed by atoms with Crippen LogP contribution in [0.15, 0.2) is 224 Å². The second kappa shape index (κ2) is 18.4. The predicted molar refractivity (Wildman–Crippen MR) is 323 cm³/mol. The van der Waals surface area contributed by atoms with E-state index in [0.717, 1.165) is 84.3 Å². The second-order valence-electron chi connectivity index (χ2n) is 21.6. The van der Waals surface area contributed by atoms with E-state index < -0.39 is 0 Å². The van der Waals surface area contributed by atoms with E-state index in [9.17, 15) is 0 Å². The van der Waals surface area contributed by atoms with Crippen LogP contribution in [0.2, 0.25) is 0 Å². The molecule has 0 fully saturated rings. The van der Waals surface area contributed by atoms with E-state index >= 15 is 0 Å². The minimum absolute atomic E-state index is 0.186. The summed E-state index contributed by atoms with van der Waals surface area (Å²) in [6.45, 7) is 16.1. The minimum Gasteiger partial charge on any atom is -0.341 e. The van der Waals surface area contributed by atoms with Crippen LogP contribution in [0.25, 0.3) is 33.6 Å². The zero-order valence-corrected chi connectivity index (χ0v) is 44.7. The highest BCUT2D eigenvalue weighted by Crippen LogP contribution is 2.55. The lowest BCUT2D eigenvalue weighted by atomic mass is 9.81. The fourth-order valence-corrected chi connectivity index (χ4v) is 12.5. The first-order chi connectivity index (χ1) is 36.4. The summed E-state index contributed by atoms with van der Waals surface area (Å²) in [5.74, 6) is 0. The van der Waals surface area contributed by atoms with Gasteiger partial charge in [-0.25, -0.2) is 0 Å². The zero-order chi connectivity index (χ0) is 51.8. The Morgan fingerprint density at radius 3 is 1.71 bits per heavy atom. The number of para-hydroxylation sites is 6. The van der Waals surface area contributed by atoms with Gasteiger partial charge in [0.15, 0.2) is 0 Å². The fraction of sp³-hybridized carbons (Fsp3) is 0.155. The van der Waals surface area contributed by atoms with Crippen molar-refractivity contribution in [3.8, 4) is 0 Å². The lowest BCUT2D eigenvalue weighted by molar-refractivity contribution is 0.659. The van der Waals surface area contributed by atoms with Gasteiger partial charge < -0.3 is 19.6 Å². The summed E-state index contributed by atoms with van der Waals surface area (Å²) >= 11 is 0. The average Bonchev–Trinajstić information content (AvgIpc) is 3.69. The molecule has 0 spiro atoms. The molecule has 0 unspecified atom stereocenters.